The molecule has 2 aromatic rings. The van der Waals surface area contributed by atoms with Crippen molar-refractivity contribution in [3.63, 3.8) is 0 Å². The molecule has 1 atom stereocenters. The van der Waals surface area contributed by atoms with Crippen molar-refractivity contribution in [2.24, 2.45) is 5.73 Å². The summed E-state index contributed by atoms with van der Waals surface area (Å²) < 4.78 is 0. The number of hydrogen-bond acceptors (Lipinski definition) is 3. The average molecular weight is 386 g/mol. The van der Waals surface area contributed by atoms with Gasteiger partial charge in [0.2, 0.25) is 5.91 Å². The summed E-state index contributed by atoms with van der Waals surface area (Å²) in [6, 6.07) is 7.86. The van der Waals surface area contributed by atoms with E-state index in [0.29, 0.717) is 16.6 Å². The molecule has 0 aliphatic carbocycles. The number of primary amides is 1. The zero-order valence-corrected chi connectivity index (χ0v) is 15.3. The van der Waals surface area contributed by atoms with E-state index < -0.39 is 12.1 Å². The quantitative estimate of drug-likeness (QED) is 0.792. The van der Waals surface area contributed by atoms with Crippen molar-refractivity contribution in [3.05, 3.63) is 56.2 Å². The topological polar surface area (TPSA) is 75.4 Å². The lowest BCUT2D eigenvalue weighted by Crippen LogP contribution is -2.36. The second kappa shape index (κ2) is 8.37. The Labute approximate surface area is 154 Å². The number of nitrogens with two attached hydrogens (primary N) is 1. The zero-order chi connectivity index (χ0) is 17.7. The first kappa shape index (κ1) is 18.6. The van der Waals surface area contributed by atoms with E-state index in [0.717, 1.165) is 10.4 Å². The number of carbonyl (C=O) groups excluding carboxylic acids is 2. The van der Waals surface area contributed by atoms with E-state index in [2.05, 4.69) is 5.32 Å². The number of thiophene rings is 1. The molecule has 1 aromatic carbocycles. The number of benzene rings is 1. The Morgan fingerprint density at radius 2 is 2.04 bits per heavy atom. The van der Waals surface area contributed by atoms with Crippen LogP contribution in [0.15, 0.2) is 35.7 Å². The van der Waals surface area contributed by atoms with Crippen LogP contribution in [0.5, 0.6) is 0 Å². The predicted octanol–water partition coefficient (Wildman–Crippen LogP) is 3.81. The molecule has 128 valence electrons. The average Bonchev–Trinajstić information content (AvgIpc) is 3.04. The number of nitrogens with zero attached hydrogens (tertiary/aromatic N) is 1. The fourth-order valence-electron chi connectivity index (χ4n) is 2.21. The van der Waals surface area contributed by atoms with E-state index in [4.69, 9.17) is 28.9 Å². The largest absolute Gasteiger partial charge is 0.352 e. The van der Waals surface area contributed by atoms with Gasteiger partial charge in [-0.15, -0.1) is 11.3 Å². The van der Waals surface area contributed by atoms with Crippen molar-refractivity contribution in [1.29, 1.82) is 0 Å². The summed E-state index contributed by atoms with van der Waals surface area (Å²) in [4.78, 5) is 26.1. The maximum absolute atomic E-state index is 12.5. The van der Waals surface area contributed by atoms with Crippen LogP contribution in [0.2, 0.25) is 10.0 Å². The van der Waals surface area contributed by atoms with Crippen molar-refractivity contribution < 1.29 is 9.59 Å². The van der Waals surface area contributed by atoms with Gasteiger partial charge in [0.25, 0.3) is 0 Å². The molecule has 0 saturated heterocycles. The van der Waals surface area contributed by atoms with Crippen molar-refractivity contribution >= 4 is 46.5 Å². The second-order valence-electron chi connectivity index (χ2n) is 5.28. The number of halogens is 2. The summed E-state index contributed by atoms with van der Waals surface area (Å²) in [6.07, 6.45) is 0.126. The van der Waals surface area contributed by atoms with E-state index in [1.807, 2.05) is 23.6 Å². The summed E-state index contributed by atoms with van der Waals surface area (Å²) in [5.41, 5.74) is 6.08. The van der Waals surface area contributed by atoms with Gasteiger partial charge >= 0.3 is 6.03 Å². The molecule has 3 N–H and O–H groups in total. The van der Waals surface area contributed by atoms with Gasteiger partial charge in [-0.3, -0.25) is 4.79 Å². The van der Waals surface area contributed by atoms with Crippen molar-refractivity contribution in [2.45, 2.75) is 19.0 Å². The standard InChI is InChI=1S/C16H17Cl2N3O2S/c1-21(9-10-4-5-11(17)12(18)7-10)15(22)8-13(20-16(19)23)14-3-2-6-24-14/h2-7,13H,8-9H2,1H3,(H3,19,20,23)/t13-/m0/s1. The van der Waals surface area contributed by atoms with Gasteiger partial charge < -0.3 is 16.0 Å². The fourth-order valence-corrected chi connectivity index (χ4v) is 3.31. The Balaban J connectivity index is 2.03. The number of urea groups is 1. The minimum Gasteiger partial charge on any atom is -0.352 e. The molecule has 0 radical (unpaired) electrons. The third kappa shape index (κ3) is 5.12. The fraction of sp³-hybridized carbons (Fsp3) is 0.250. The molecule has 5 nitrogen and oxygen atoms in total. The van der Waals surface area contributed by atoms with Gasteiger partial charge in [-0.1, -0.05) is 35.3 Å². The van der Waals surface area contributed by atoms with E-state index in [1.54, 1.807) is 24.1 Å². The van der Waals surface area contributed by atoms with Crippen LogP contribution in [-0.4, -0.2) is 23.9 Å². The molecular formula is C16H17Cl2N3O2S. The van der Waals surface area contributed by atoms with Crippen LogP contribution in [0.3, 0.4) is 0 Å². The van der Waals surface area contributed by atoms with E-state index in [1.165, 1.54) is 11.3 Å². The highest BCUT2D eigenvalue weighted by atomic mass is 35.5. The summed E-state index contributed by atoms with van der Waals surface area (Å²) in [6.45, 7) is 0.392. The predicted molar refractivity (Wildman–Crippen MR) is 97.3 cm³/mol. The molecular weight excluding hydrogens is 369 g/mol. The van der Waals surface area contributed by atoms with Gasteiger partial charge in [0.05, 0.1) is 22.5 Å². The third-order valence-corrected chi connectivity index (χ3v) is 5.14. The normalized spacial score (nSPS) is 11.8. The lowest BCUT2D eigenvalue weighted by Gasteiger charge is -2.21. The Kier molecular flexibility index (Phi) is 6.48. The molecule has 8 heteroatoms. The smallest absolute Gasteiger partial charge is 0.312 e. The highest BCUT2D eigenvalue weighted by molar-refractivity contribution is 7.10. The van der Waals surface area contributed by atoms with Gasteiger partial charge in [0, 0.05) is 18.5 Å². The van der Waals surface area contributed by atoms with Crippen LogP contribution in [0.1, 0.15) is 22.9 Å². The molecule has 0 aliphatic rings. The molecule has 3 amide bonds. The van der Waals surface area contributed by atoms with Crippen LogP contribution >= 0.6 is 34.5 Å². The van der Waals surface area contributed by atoms with Crippen LogP contribution in [0.25, 0.3) is 0 Å². The summed E-state index contributed by atoms with van der Waals surface area (Å²) in [7, 11) is 1.70. The Morgan fingerprint density at radius 1 is 1.29 bits per heavy atom. The number of carbonyl (C=O) groups is 2. The summed E-state index contributed by atoms with van der Waals surface area (Å²) in [5.74, 6) is -0.117. The number of nitrogens with one attached hydrogen (secondary N) is 1. The van der Waals surface area contributed by atoms with E-state index in [-0.39, 0.29) is 12.3 Å². The minimum absolute atomic E-state index is 0.117. The van der Waals surface area contributed by atoms with E-state index >= 15 is 0 Å². The van der Waals surface area contributed by atoms with Gasteiger partial charge in [-0.05, 0) is 29.1 Å². The Hall–Kier alpha value is -1.76. The minimum atomic E-state index is -0.659. The molecule has 0 fully saturated rings. The molecule has 2 rings (SSSR count). The molecule has 0 unspecified atom stereocenters. The number of hydrogen-bond donors (Lipinski definition) is 2. The number of rotatable bonds is 6. The number of amides is 3. The van der Waals surface area contributed by atoms with Crippen LogP contribution in [0.4, 0.5) is 4.79 Å². The molecule has 0 aliphatic heterocycles. The SMILES string of the molecule is CN(Cc1ccc(Cl)c(Cl)c1)C(=O)C[C@H](NC(N)=O)c1cccs1. The summed E-state index contributed by atoms with van der Waals surface area (Å²) >= 11 is 13.3. The molecule has 24 heavy (non-hydrogen) atoms. The maximum Gasteiger partial charge on any atom is 0.312 e. The van der Waals surface area contributed by atoms with Gasteiger partial charge in [0.1, 0.15) is 0 Å². The highest BCUT2D eigenvalue weighted by Gasteiger charge is 2.20. The zero-order valence-electron chi connectivity index (χ0n) is 13.0. The molecule has 0 saturated carbocycles. The molecule has 0 bridgehead atoms. The Bertz CT molecular complexity index is 722. The first-order valence-electron chi connectivity index (χ1n) is 7.14. The van der Waals surface area contributed by atoms with Gasteiger partial charge in [-0.25, -0.2) is 4.79 Å². The van der Waals surface area contributed by atoms with Crippen molar-refractivity contribution in [1.82, 2.24) is 10.2 Å². The molecule has 1 aromatic heterocycles. The lowest BCUT2D eigenvalue weighted by molar-refractivity contribution is -0.130. The first-order chi connectivity index (χ1) is 11.4. The monoisotopic (exact) mass is 385 g/mol. The Morgan fingerprint density at radius 3 is 2.62 bits per heavy atom. The van der Waals surface area contributed by atoms with Gasteiger partial charge in [-0.2, -0.15) is 0 Å². The summed E-state index contributed by atoms with van der Waals surface area (Å²) in [5, 5.41) is 5.41. The van der Waals surface area contributed by atoms with E-state index in [9.17, 15) is 9.59 Å². The van der Waals surface area contributed by atoms with Gasteiger partial charge in [0.15, 0.2) is 0 Å². The van der Waals surface area contributed by atoms with Crippen molar-refractivity contribution in [3.8, 4) is 0 Å². The first-order valence-corrected chi connectivity index (χ1v) is 8.77. The van der Waals surface area contributed by atoms with Crippen LogP contribution in [-0.2, 0) is 11.3 Å². The third-order valence-electron chi connectivity index (χ3n) is 3.41. The highest BCUT2D eigenvalue weighted by Crippen LogP contribution is 2.25. The lowest BCUT2D eigenvalue weighted by atomic mass is 10.1. The molecule has 0 spiro atoms. The van der Waals surface area contributed by atoms with Crippen molar-refractivity contribution in [2.75, 3.05) is 7.05 Å². The van der Waals surface area contributed by atoms with Crippen LogP contribution in [0, 0.1) is 0 Å². The second-order valence-corrected chi connectivity index (χ2v) is 7.07. The van der Waals surface area contributed by atoms with Crippen LogP contribution < -0.4 is 11.1 Å². The maximum atomic E-state index is 12.5. The molecule has 1 heterocycles.